The Labute approximate surface area is 168 Å². The Morgan fingerprint density at radius 3 is 2.07 bits per heavy atom. The molecule has 4 rings (SSSR count). The van der Waals surface area contributed by atoms with E-state index in [2.05, 4.69) is 12.2 Å². The van der Waals surface area contributed by atoms with Gasteiger partial charge in [0.05, 0.1) is 11.0 Å². The molecule has 6 heteroatoms. The molecule has 1 heterocycles. The number of aromatic nitrogens is 1. The van der Waals surface area contributed by atoms with Gasteiger partial charge in [-0.2, -0.15) is 0 Å². The van der Waals surface area contributed by atoms with Crippen molar-refractivity contribution in [3.8, 4) is 0 Å². The van der Waals surface area contributed by atoms with Crippen molar-refractivity contribution in [3.05, 3.63) is 58.8 Å². The first-order valence-corrected chi connectivity index (χ1v) is 9.96. The molecule has 1 amide bonds. The Bertz CT molecular complexity index is 1100. The lowest BCUT2D eigenvalue weighted by Gasteiger charge is -2.36. The van der Waals surface area contributed by atoms with Gasteiger partial charge >= 0.3 is 5.97 Å². The van der Waals surface area contributed by atoms with Crippen molar-refractivity contribution in [3.63, 3.8) is 0 Å². The molecule has 3 aromatic rings. The van der Waals surface area contributed by atoms with E-state index in [9.17, 15) is 19.5 Å². The van der Waals surface area contributed by atoms with Gasteiger partial charge in [-0.15, -0.1) is 0 Å². The van der Waals surface area contributed by atoms with E-state index < -0.39 is 11.5 Å². The van der Waals surface area contributed by atoms with Gasteiger partial charge in [0.1, 0.15) is 12.1 Å². The molecule has 0 unspecified atom stereocenters. The summed E-state index contributed by atoms with van der Waals surface area (Å²) < 4.78 is 1.79. The van der Waals surface area contributed by atoms with E-state index in [4.69, 9.17) is 0 Å². The first-order valence-electron chi connectivity index (χ1n) is 9.96. The molecule has 1 aliphatic rings. The average Bonchev–Trinajstić information content (AvgIpc) is 2.73. The fourth-order valence-electron chi connectivity index (χ4n) is 4.34. The molecule has 2 aromatic carbocycles. The third-order valence-electron chi connectivity index (χ3n) is 6.10. The number of carboxylic acids is 1. The number of amides is 1. The van der Waals surface area contributed by atoms with Crippen LogP contribution in [0.2, 0.25) is 0 Å². The number of fused-ring (bicyclic) bond motifs is 2. The number of carbonyl (C=O) groups excluding carboxylic acids is 1. The van der Waals surface area contributed by atoms with E-state index in [-0.39, 0.29) is 17.9 Å². The van der Waals surface area contributed by atoms with Crippen LogP contribution in [-0.4, -0.2) is 27.1 Å². The van der Waals surface area contributed by atoms with Crippen LogP contribution in [0.3, 0.4) is 0 Å². The van der Waals surface area contributed by atoms with Crippen molar-refractivity contribution >= 4 is 33.7 Å². The zero-order valence-corrected chi connectivity index (χ0v) is 16.4. The number of aliphatic carboxylic acids is 1. The molecule has 150 valence electrons. The number of benzene rings is 2. The van der Waals surface area contributed by atoms with E-state index in [1.807, 2.05) is 24.3 Å². The number of rotatable bonds is 4. The zero-order valence-electron chi connectivity index (χ0n) is 16.4. The Hall–Kier alpha value is -3.15. The highest BCUT2D eigenvalue weighted by Gasteiger charge is 2.42. The predicted octanol–water partition coefficient (Wildman–Crippen LogP) is 3.30. The molecule has 1 saturated carbocycles. The van der Waals surface area contributed by atoms with Crippen LogP contribution in [0.25, 0.3) is 21.8 Å². The molecule has 6 nitrogen and oxygen atoms in total. The number of carbonyl (C=O) groups is 2. The van der Waals surface area contributed by atoms with Crippen LogP contribution in [0.15, 0.2) is 53.3 Å². The van der Waals surface area contributed by atoms with Crippen LogP contribution >= 0.6 is 0 Å². The molecule has 29 heavy (non-hydrogen) atoms. The van der Waals surface area contributed by atoms with Crippen LogP contribution in [0, 0.1) is 5.92 Å². The fraction of sp³-hybridized carbons (Fsp3) is 0.348. The molecular weight excluding hydrogens is 368 g/mol. The van der Waals surface area contributed by atoms with E-state index in [0.717, 1.165) is 12.8 Å². The van der Waals surface area contributed by atoms with E-state index >= 15 is 0 Å². The highest BCUT2D eigenvalue weighted by atomic mass is 16.4. The van der Waals surface area contributed by atoms with Crippen LogP contribution in [-0.2, 0) is 16.1 Å². The van der Waals surface area contributed by atoms with Crippen molar-refractivity contribution in [2.45, 2.75) is 44.7 Å². The van der Waals surface area contributed by atoms with Gasteiger partial charge in [-0.1, -0.05) is 31.2 Å². The summed E-state index contributed by atoms with van der Waals surface area (Å²) in [4.78, 5) is 37.8. The molecule has 0 saturated heterocycles. The number of nitrogens with zero attached hydrogens (tertiary/aromatic N) is 1. The van der Waals surface area contributed by atoms with Crippen molar-refractivity contribution in [2.75, 3.05) is 0 Å². The first-order chi connectivity index (χ1) is 13.9. The molecule has 0 bridgehead atoms. The Balaban J connectivity index is 1.73. The molecule has 1 fully saturated rings. The minimum absolute atomic E-state index is 0.0497. The lowest BCUT2D eigenvalue weighted by Crippen LogP contribution is -2.56. The Kier molecular flexibility index (Phi) is 4.86. The lowest BCUT2D eigenvalue weighted by atomic mass is 9.77. The highest BCUT2D eigenvalue weighted by Crippen LogP contribution is 2.32. The molecule has 0 atom stereocenters. The molecular formula is C23H24N2O4. The SMILES string of the molecule is CC1CCC(NC(=O)Cn2c3ccccc3c(=O)c3ccccc32)(C(=O)O)CC1. The summed E-state index contributed by atoms with van der Waals surface area (Å²) in [7, 11) is 0. The highest BCUT2D eigenvalue weighted by molar-refractivity contribution is 5.95. The van der Waals surface area contributed by atoms with Gasteiger partial charge < -0.3 is 15.0 Å². The quantitative estimate of drug-likeness (QED) is 0.667. The second-order valence-corrected chi connectivity index (χ2v) is 8.07. The van der Waals surface area contributed by atoms with Crippen LogP contribution in [0.1, 0.15) is 32.6 Å². The lowest BCUT2D eigenvalue weighted by molar-refractivity contribution is -0.149. The van der Waals surface area contributed by atoms with E-state index in [1.165, 1.54) is 0 Å². The van der Waals surface area contributed by atoms with E-state index in [1.54, 1.807) is 28.8 Å². The molecule has 0 radical (unpaired) electrons. The molecule has 0 spiro atoms. The van der Waals surface area contributed by atoms with Crippen LogP contribution < -0.4 is 10.7 Å². The maximum absolute atomic E-state index is 13.0. The average molecular weight is 392 g/mol. The first kappa shape index (κ1) is 19.2. The van der Waals surface area contributed by atoms with Crippen molar-refractivity contribution in [1.82, 2.24) is 9.88 Å². The standard InChI is InChI=1S/C23H24N2O4/c1-15-10-12-23(13-11-15,22(28)29)24-20(26)14-25-18-8-4-2-6-16(18)21(27)17-7-3-5-9-19(17)25/h2-9,15H,10-14H2,1H3,(H,24,26)(H,28,29). The van der Waals surface area contributed by atoms with Crippen molar-refractivity contribution < 1.29 is 14.7 Å². The number of hydrogen-bond donors (Lipinski definition) is 2. The number of carboxylic acid groups (broad SMARTS) is 1. The zero-order chi connectivity index (χ0) is 20.6. The summed E-state index contributed by atoms with van der Waals surface area (Å²) in [5.74, 6) is -0.875. The normalized spacial score (nSPS) is 21.9. The van der Waals surface area contributed by atoms with Gasteiger partial charge in [0.25, 0.3) is 0 Å². The van der Waals surface area contributed by atoms with Gasteiger partial charge in [-0.05, 0) is 55.9 Å². The van der Waals surface area contributed by atoms with Gasteiger partial charge in [-0.25, -0.2) is 4.79 Å². The number of pyridine rings is 1. The Morgan fingerprint density at radius 1 is 1.03 bits per heavy atom. The van der Waals surface area contributed by atoms with Crippen molar-refractivity contribution in [1.29, 1.82) is 0 Å². The summed E-state index contributed by atoms with van der Waals surface area (Å²) in [6.45, 7) is 2.05. The monoisotopic (exact) mass is 392 g/mol. The molecule has 1 aliphatic carbocycles. The maximum Gasteiger partial charge on any atom is 0.329 e. The number of para-hydroxylation sites is 2. The maximum atomic E-state index is 13.0. The number of nitrogens with one attached hydrogen (secondary N) is 1. The topological polar surface area (TPSA) is 88.4 Å². The summed E-state index contributed by atoms with van der Waals surface area (Å²) in [6.07, 6.45) is 2.41. The van der Waals surface area contributed by atoms with Crippen LogP contribution in [0.4, 0.5) is 0 Å². The summed E-state index contributed by atoms with van der Waals surface area (Å²) in [5, 5.41) is 13.7. The van der Waals surface area contributed by atoms with Crippen LogP contribution in [0.5, 0.6) is 0 Å². The van der Waals surface area contributed by atoms with Gasteiger partial charge in [0.15, 0.2) is 5.43 Å². The minimum atomic E-state index is -1.21. The predicted molar refractivity (Wildman–Crippen MR) is 112 cm³/mol. The second-order valence-electron chi connectivity index (χ2n) is 8.07. The summed E-state index contributed by atoms with van der Waals surface area (Å²) >= 11 is 0. The van der Waals surface area contributed by atoms with E-state index in [0.29, 0.717) is 40.6 Å². The van der Waals surface area contributed by atoms with Gasteiger partial charge in [0.2, 0.25) is 5.91 Å². The fourth-order valence-corrected chi connectivity index (χ4v) is 4.34. The number of hydrogen-bond acceptors (Lipinski definition) is 3. The molecule has 2 N–H and O–H groups in total. The summed E-state index contributed by atoms with van der Waals surface area (Å²) in [6, 6.07) is 14.4. The smallest absolute Gasteiger partial charge is 0.329 e. The summed E-state index contributed by atoms with van der Waals surface area (Å²) in [5.41, 5.74) is 0.0333. The third-order valence-corrected chi connectivity index (χ3v) is 6.10. The molecule has 0 aliphatic heterocycles. The van der Waals surface area contributed by atoms with Crippen molar-refractivity contribution in [2.24, 2.45) is 5.92 Å². The third kappa shape index (κ3) is 3.39. The molecule has 1 aromatic heterocycles. The van der Waals surface area contributed by atoms with Gasteiger partial charge in [0, 0.05) is 10.8 Å². The van der Waals surface area contributed by atoms with Gasteiger partial charge in [-0.3, -0.25) is 9.59 Å². The second kappa shape index (κ2) is 7.35. The largest absolute Gasteiger partial charge is 0.480 e. The Morgan fingerprint density at radius 2 is 1.55 bits per heavy atom. The minimum Gasteiger partial charge on any atom is -0.480 e.